The highest BCUT2D eigenvalue weighted by Gasteiger charge is 2.26. The standard InChI is InChI=1S/C24H28N4O3/c1-15(2)31-24(30)25-13-17-10-11-28(14-17)23-18-9-8-16(3)12-20(18)26-22(27-23)19-6-4-5-7-21(19)29/h4-9,12,15,17,29H,10-11,13-14H2,1-3H3,(H,25,30). The van der Waals surface area contributed by atoms with E-state index in [0.29, 0.717) is 23.9 Å². The van der Waals surface area contributed by atoms with E-state index in [9.17, 15) is 9.90 Å². The lowest BCUT2D eigenvalue weighted by molar-refractivity contribution is 0.114. The first-order valence-corrected chi connectivity index (χ1v) is 10.7. The number of nitrogens with zero attached hydrogens (tertiary/aromatic N) is 3. The van der Waals surface area contributed by atoms with E-state index in [1.807, 2.05) is 39.0 Å². The monoisotopic (exact) mass is 420 g/mol. The second-order valence-electron chi connectivity index (χ2n) is 8.34. The van der Waals surface area contributed by atoms with E-state index in [2.05, 4.69) is 22.3 Å². The van der Waals surface area contributed by atoms with Gasteiger partial charge in [-0.25, -0.2) is 14.8 Å². The van der Waals surface area contributed by atoms with Crippen LogP contribution in [0.3, 0.4) is 0 Å². The molecule has 1 unspecified atom stereocenters. The summed E-state index contributed by atoms with van der Waals surface area (Å²) in [4.78, 5) is 23.6. The highest BCUT2D eigenvalue weighted by molar-refractivity contribution is 5.92. The van der Waals surface area contributed by atoms with Gasteiger partial charge in [-0.3, -0.25) is 0 Å². The van der Waals surface area contributed by atoms with Crippen molar-refractivity contribution in [3.63, 3.8) is 0 Å². The molecule has 7 heteroatoms. The fraction of sp³-hybridized carbons (Fsp3) is 0.375. The number of aromatic hydroxyl groups is 1. The Bertz CT molecular complexity index is 1100. The number of anilines is 1. The molecule has 1 aliphatic heterocycles. The predicted molar refractivity (Wildman–Crippen MR) is 121 cm³/mol. The number of fused-ring (bicyclic) bond motifs is 1. The summed E-state index contributed by atoms with van der Waals surface area (Å²) in [6.45, 7) is 7.89. The maximum absolute atomic E-state index is 11.8. The molecular weight excluding hydrogens is 392 g/mol. The van der Waals surface area contributed by atoms with Gasteiger partial charge < -0.3 is 20.1 Å². The molecule has 7 nitrogen and oxygen atoms in total. The summed E-state index contributed by atoms with van der Waals surface area (Å²) >= 11 is 0. The molecule has 31 heavy (non-hydrogen) atoms. The summed E-state index contributed by atoms with van der Waals surface area (Å²) in [5.74, 6) is 1.83. The molecule has 1 aliphatic rings. The third-order valence-electron chi connectivity index (χ3n) is 5.44. The first-order chi connectivity index (χ1) is 14.9. The number of aryl methyl sites for hydroxylation is 1. The Balaban J connectivity index is 1.61. The van der Waals surface area contributed by atoms with E-state index in [-0.39, 0.29) is 17.9 Å². The van der Waals surface area contributed by atoms with Crippen molar-refractivity contribution in [2.75, 3.05) is 24.5 Å². The minimum atomic E-state index is -0.377. The van der Waals surface area contributed by atoms with Crippen LogP contribution in [0.4, 0.5) is 10.6 Å². The maximum atomic E-state index is 11.8. The van der Waals surface area contributed by atoms with Gasteiger partial charge in [-0.05, 0) is 62.9 Å². The summed E-state index contributed by atoms with van der Waals surface area (Å²) in [5.41, 5.74) is 2.58. The van der Waals surface area contributed by atoms with E-state index in [0.717, 1.165) is 41.8 Å². The first kappa shape index (κ1) is 20.9. The van der Waals surface area contributed by atoms with Gasteiger partial charge in [0.2, 0.25) is 0 Å². The van der Waals surface area contributed by atoms with Gasteiger partial charge in [-0.2, -0.15) is 0 Å². The lowest BCUT2D eigenvalue weighted by Crippen LogP contribution is -2.32. The summed E-state index contributed by atoms with van der Waals surface area (Å²) in [6.07, 6.45) is 0.438. The van der Waals surface area contributed by atoms with Crippen LogP contribution >= 0.6 is 0 Å². The zero-order chi connectivity index (χ0) is 22.0. The highest BCUT2D eigenvalue weighted by Crippen LogP contribution is 2.33. The number of nitrogens with one attached hydrogen (secondary N) is 1. The van der Waals surface area contributed by atoms with Gasteiger partial charge in [0.1, 0.15) is 11.6 Å². The van der Waals surface area contributed by atoms with Crippen molar-refractivity contribution >= 4 is 22.8 Å². The van der Waals surface area contributed by atoms with Gasteiger partial charge in [0.25, 0.3) is 0 Å². The van der Waals surface area contributed by atoms with E-state index in [1.54, 1.807) is 12.1 Å². The molecule has 0 saturated carbocycles. The Morgan fingerprint density at radius 3 is 2.84 bits per heavy atom. The SMILES string of the molecule is Cc1ccc2c(N3CCC(CNC(=O)OC(C)C)C3)nc(-c3ccccc3O)nc2c1. The molecule has 1 fully saturated rings. The molecule has 3 aromatic rings. The fourth-order valence-corrected chi connectivity index (χ4v) is 3.92. The molecule has 2 N–H and O–H groups in total. The molecule has 1 saturated heterocycles. The molecule has 0 aliphatic carbocycles. The summed E-state index contributed by atoms with van der Waals surface area (Å²) in [7, 11) is 0. The molecule has 0 spiro atoms. The second kappa shape index (κ2) is 8.79. The average molecular weight is 421 g/mol. The smallest absolute Gasteiger partial charge is 0.407 e. The van der Waals surface area contributed by atoms with Crippen LogP contribution in [-0.4, -0.2) is 46.9 Å². The van der Waals surface area contributed by atoms with Crippen LogP contribution in [-0.2, 0) is 4.74 Å². The number of amides is 1. The van der Waals surface area contributed by atoms with Gasteiger partial charge in [0.05, 0.1) is 17.2 Å². The van der Waals surface area contributed by atoms with Gasteiger partial charge in [0, 0.05) is 25.0 Å². The van der Waals surface area contributed by atoms with Crippen molar-refractivity contribution in [3.05, 3.63) is 48.0 Å². The third kappa shape index (κ3) is 4.71. The lowest BCUT2D eigenvalue weighted by Gasteiger charge is -2.21. The zero-order valence-electron chi connectivity index (χ0n) is 18.1. The van der Waals surface area contributed by atoms with Crippen molar-refractivity contribution < 1.29 is 14.6 Å². The van der Waals surface area contributed by atoms with Crippen LogP contribution < -0.4 is 10.2 Å². The average Bonchev–Trinajstić information content (AvgIpc) is 3.20. The fourth-order valence-electron chi connectivity index (χ4n) is 3.92. The molecule has 4 rings (SSSR count). The number of benzene rings is 2. The first-order valence-electron chi connectivity index (χ1n) is 10.7. The Labute approximate surface area is 182 Å². The molecule has 2 heterocycles. The van der Waals surface area contributed by atoms with Crippen molar-refractivity contribution in [2.24, 2.45) is 5.92 Å². The number of aromatic nitrogens is 2. The van der Waals surface area contributed by atoms with E-state index < -0.39 is 0 Å². The van der Waals surface area contributed by atoms with E-state index >= 15 is 0 Å². The number of carbonyl (C=O) groups excluding carboxylic acids is 1. The molecule has 0 bridgehead atoms. The van der Waals surface area contributed by atoms with Crippen molar-refractivity contribution in [1.82, 2.24) is 15.3 Å². The topological polar surface area (TPSA) is 87.6 Å². The Morgan fingerprint density at radius 1 is 1.26 bits per heavy atom. The number of phenols is 1. The van der Waals surface area contributed by atoms with Crippen LogP contribution in [0.25, 0.3) is 22.3 Å². The summed E-state index contributed by atoms with van der Waals surface area (Å²) in [5, 5.41) is 14.2. The third-order valence-corrected chi connectivity index (χ3v) is 5.44. The molecule has 1 amide bonds. The van der Waals surface area contributed by atoms with Gasteiger partial charge in [0.15, 0.2) is 5.82 Å². The van der Waals surface area contributed by atoms with Gasteiger partial charge in [-0.15, -0.1) is 0 Å². The number of carbonyl (C=O) groups is 1. The normalized spacial score (nSPS) is 16.1. The molecule has 1 aromatic heterocycles. The number of alkyl carbamates (subject to hydrolysis) is 1. The zero-order valence-corrected chi connectivity index (χ0v) is 18.1. The van der Waals surface area contributed by atoms with Gasteiger partial charge in [-0.1, -0.05) is 18.2 Å². The van der Waals surface area contributed by atoms with Crippen LogP contribution in [0.2, 0.25) is 0 Å². The van der Waals surface area contributed by atoms with Crippen molar-refractivity contribution in [3.8, 4) is 17.1 Å². The van der Waals surface area contributed by atoms with E-state index in [4.69, 9.17) is 14.7 Å². The van der Waals surface area contributed by atoms with Gasteiger partial charge >= 0.3 is 6.09 Å². The minimum Gasteiger partial charge on any atom is -0.507 e. The maximum Gasteiger partial charge on any atom is 0.407 e. The predicted octanol–water partition coefficient (Wildman–Crippen LogP) is 4.27. The molecule has 2 aromatic carbocycles. The van der Waals surface area contributed by atoms with Crippen LogP contribution in [0.5, 0.6) is 5.75 Å². The number of para-hydroxylation sites is 1. The Hall–Kier alpha value is -3.35. The summed E-state index contributed by atoms with van der Waals surface area (Å²) < 4.78 is 5.16. The Morgan fingerprint density at radius 2 is 2.06 bits per heavy atom. The second-order valence-corrected chi connectivity index (χ2v) is 8.34. The summed E-state index contributed by atoms with van der Waals surface area (Å²) in [6, 6.07) is 13.3. The Kier molecular flexibility index (Phi) is 5.93. The molecule has 162 valence electrons. The number of phenolic OH excluding ortho intramolecular Hbond substituents is 1. The number of rotatable bonds is 5. The van der Waals surface area contributed by atoms with Crippen LogP contribution in [0, 0.1) is 12.8 Å². The molecule has 1 atom stereocenters. The largest absolute Gasteiger partial charge is 0.507 e. The van der Waals surface area contributed by atoms with Crippen LogP contribution in [0.1, 0.15) is 25.8 Å². The minimum absolute atomic E-state index is 0.135. The number of hydrogen-bond donors (Lipinski definition) is 2. The van der Waals surface area contributed by atoms with Crippen molar-refractivity contribution in [1.29, 1.82) is 0 Å². The highest BCUT2D eigenvalue weighted by atomic mass is 16.6. The number of ether oxygens (including phenoxy) is 1. The quantitative estimate of drug-likeness (QED) is 0.641. The van der Waals surface area contributed by atoms with E-state index in [1.165, 1.54) is 0 Å². The van der Waals surface area contributed by atoms with Crippen molar-refractivity contribution in [2.45, 2.75) is 33.3 Å². The molecular formula is C24H28N4O3. The molecule has 0 radical (unpaired) electrons. The lowest BCUT2D eigenvalue weighted by atomic mass is 10.1. The number of hydrogen-bond acceptors (Lipinski definition) is 6. The van der Waals surface area contributed by atoms with Crippen LogP contribution in [0.15, 0.2) is 42.5 Å².